The molecule has 2 aromatic rings. The van der Waals surface area contributed by atoms with Crippen LogP contribution in [0.3, 0.4) is 0 Å². The van der Waals surface area contributed by atoms with Crippen molar-refractivity contribution in [3.05, 3.63) is 64.7 Å². The van der Waals surface area contributed by atoms with Crippen molar-refractivity contribution in [2.45, 2.75) is 18.9 Å². The van der Waals surface area contributed by atoms with Gasteiger partial charge in [0.15, 0.2) is 0 Å². The fourth-order valence-corrected chi connectivity index (χ4v) is 3.75. The second-order valence-electron chi connectivity index (χ2n) is 5.50. The highest BCUT2D eigenvalue weighted by atomic mass is 127. The highest BCUT2D eigenvalue weighted by Crippen LogP contribution is 2.40. The summed E-state index contributed by atoms with van der Waals surface area (Å²) in [6, 6.07) is 13.8. The molecule has 1 aliphatic heterocycles. The number of nitrogens with one attached hydrogen (secondary N) is 1. The predicted molar refractivity (Wildman–Crippen MR) is 91.1 cm³/mol. The first-order chi connectivity index (χ1) is 10.1. The van der Waals surface area contributed by atoms with E-state index in [1.54, 1.807) is 6.07 Å². The Morgan fingerprint density at radius 1 is 1.24 bits per heavy atom. The smallest absolute Gasteiger partial charge is 0.252 e. The summed E-state index contributed by atoms with van der Waals surface area (Å²) in [6.07, 6.45) is 0. The largest absolute Gasteiger partial charge is 0.508 e. The van der Waals surface area contributed by atoms with Gasteiger partial charge in [0.2, 0.25) is 0 Å². The van der Waals surface area contributed by atoms with Crippen molar-refractivity contribution in [1.82, 2.24) is 5.32 Å². The van der Waals surface area contributed by atoms with Crippen LogP contribution < -0.4 is 5.32 Å². The number of carbonyl (C=O) groups is 1. The van der Waals surface area contributed by atoms with Crippen LogP contribution >= 0.6 is 22.6 Å². The van der Waals surface area contributed by atoms with Crippen LogP contribution in [0.2, 0.25) is 0 Å². The van der Waals surface area contributed by atoms with Crippen LogP contribution in [0.25, 0.3) is 0 Å². The minimum atomic E-state index is -0.263. The quantitative estimate of drug-likeness (QED) is 0.621. The molecule has 0 saturated heterocycles. The fourth-order valence-electron chi connectivity index (χ4n) is 2.90. The molecule has 1 atom stereocenters. The number of rotatable bonds is 3. The zero-order valence-corrected chi connectivity index (χ0v) is 13.8. The lowest BCUT2D eigenvalue weighted by Crippen LogP contribution is -2.28. The van der Waals surface area contributed by atoms with E-state index in [4.69, 9.17) is 0 Å². The number of aromatic hydroxyl groups is 1. The minimum absolute atomic E-state index is 0.0945. The molecule has 1 unspecified atom stereocenters. The fraction of sp³-hybridized carbons (Fsp3) is 0.235. The number of halogens is 1. The number of alkyl halides is 1. The van der Waals surface area contributed by atoms with Gasteiger partial charge in [0.1, 0.15) is 5.75 Å². The zero-order valence-electron chi connectivity index (χ0n) is 11.7. The van der Waals surface area contributed by atoms with Crippen LogP contribution in [0.4, 0.5) is 0 Å². The summed E-state index contributed by atoms with van der Waals surface area (Å²) in [6.45, 7) is 2.55. The van der Waals surface area contributed by atoms with Crippen LogP contribution in [0, 0.1) is 0 Å². The van der Waals surface area contributed by atoms with Crippen molar-refractivity contribution in [3.8, 4) is 5.75 Å². The molecule has 0 fully saturated rings. The first-order valence-electron chi connectivity index (χ1n) is 6.83. The third-order valence-corrected chi connectivity index (χ3v) is 5.74. The van der Waals surface area contributed by atoms with E-state index in [1.807, 2.05) is 24.3 Å². The molecule has 0 aliphatic carbocycles. The van der Waals surface area contributed by atoms with E-state index in [-0.39, 0.29) is 17.1 Å². The molecule has 1 amide bonds. The van der Waals surface area contributed by atoms with Crippen LogP contribution in [-0.2, 0) is 12.0 Å². The van der Waals surface area contributed by atoms with Crippen molar-refractivity contribution < 1.29 is 9.90 Å². The van der Waals surface area contributed by atoms with Gasteiger partial charge in [0.05, 0.1) is 5.56 Å². The van der Waals surface area contributed by atoms with Crippen molar-refractivity contribution >= 4 is 28.5 Å². The van der Waals surface area contributed by atoms with Gasteiger partial charge in [0, 0.05) is 22.0 Å². The Bertz CT molecular complexity index is 699. The first-order valence-corrected chi connectivity index (χ1v) is 8.35. The predicted octanol–water partition coefficient (Wildman–Crippen LogP) is 3.38. The summed E-state index contributed by atoms with van der Waals surface area (Å²) in [5.74, 6) is 0.0962. The summed E-state index contributed by atoms with van der Waals surface area (Å²) >= 11 is 2.36. The second-order valence-corrected chi connectivity index (χ2v) is 6.26. The second kappa shape index (κ2) is 5.33. The summed E-state index contributed by atoms with van der Waals surface area (Å²) in [7, 11) is 0. The van der Waals surface area contributed by atoms with Crippen LogP contribution in [0.1, 0.15) is 34.0 Å². The van der Waals surface area contributed by atoms with Gasteiger partial charge in [-0.25, -0.2) is 0 Å². The van der Waals surface area contributed by atoms with Gasteiger partial charge >= 0.3 is 0 Å². The number of carbonyl (C=O) groups excluding carboxylic acids is 1. The molecule has 1 heterocycles. The SMILES string of the molecule is CC(CI)(c1ccccc1)c1ccc(O)c2c1C(=O)NC2. The number of phenols is 1. The lowest BCUT2D eigenvalue weighted by molar-refractivity contribution is 0.0964. The summed E-state index contributed by atoms with van der Waals surface area (Å²) in [5.41, 5.74) is 3.24. The molecule has 3 nitrogen and oxygen atoms in total. The maximum atomic E-state index is 12.2. The normalized spacial score (nSPS) is 16.2. The Morgan fingerprint density at radius 3 is 2.62 bits per heavy atom. The highest BCUT2D eigenvalue weighted by molar-refractivity contribution is 14.1. The van der Waals surface area contributed by atoms with Gasteiger partial charge < -0.3 is 10.4 Å². The zero-order chi connectivity index (χ0) is 15.0. The lowest BCUT2D eigenvalue weighted by atomic mass is 9.75. The average molecular weight is 393 g/mol. The third-order valence-electron chi connectivity index (χ3n) is 4.21. The molecule has 21 heavy (non-hydrogen) atoms. The first kappa shape index (κ1) is 14.4. The molecular formula is C17H16INO2. The highest BCUT2D eigenvalue weighted by Gasteiger charge is 2.35. The Balaban J connectivity index is 2.24. The maximum Gasteiger partial charge on any atom is 0.252 e. The molecule has 0 bridgehead atoms. The molecule has 2 aromatic carbocycles. The molecule has 1 aliphatic rings. The maximum absolute atomic E-state index is 12.2. The standard InChI is InChI=1S/C17H16INO2/c1-17(10-18,11-5-3-2-4-6-11)13-7-8-14(20)12-9-19-16(21)15(12)13/h2-8,20H,9-10H2,1H3,(H,19,21). The molecule has 0 saturated carbocycles. The Kier molecular flexibility index (Phi) is 3.65. The molecule has 4 heteroatoms. The Morgan fingerprint density at radius 2 is 1.95 bits per heavy atom. The molecule has 108 valence electrons. The van der Waals surface area contributed by atoms with E-state index in [9.17, 15) is 9.90 Å². The number of fused-ring (bicyclic) bond motifs is 1. The molecular weight excluding hydrogens is 377 g/mol. The molecule has 0 aromatic heterocycles. The van der Waals surface area contributed by atoms with Gasteiger partial charge in [-0.05, 0) is 17.2 Å². The van der Waals surface area contributed by atoms with E-state index in [1.165, 1.54) is 5.56 Å². The Labute approximate surface area is 137 Å². The average Bonchev–Trinajstić information content (AvgIpc) is 2.91. The van der Waals surface area contributed by atoms with Crippen molar-refractivity contribution in [3.63, 3.8) is 0 Å². The number of hydrogen-bond donors (Lipinski definition) is 2. The number of benzene rings is 2. The van der Waals surface area contributed by atoms with E-state index >= 15 is 0 Å². The van der Waals surface area contributed by atoms with Crippen LogP contribution in [-0.4, -0.2) is 15.4 Å². The van der Waals surface area contributed by atoms with Crippen LogP contribution in [0.5, 0.6) is 5.75 Å². The van der Waals surface area contributed by atoms with E-state index in [0.29, 0.717) is 17.7 Å². The molecule has 2 N–H and O–H groups in total. The lowest BCUT2D eigenvalue weighted by Gasteiger charge is -2.30. The van der Waals surface area contributed by atoms with Gasteiger partial charge in [0.25, 0.3) is 5.91 Å². The number of amides is 1. The van der Waals surface area contributed by atoms with E-state index in [2.05, 4.69) is 47.0 Å². The minimum Gasteiger partial charge on any atom is -0.508 e. The van der Waals surface area contributed by atoms with Gasteiger partial charge in [-0.1, -0.05) is 65.9 Å². The topological polar surface area (TPSA) is 49.3 Å². The Hall–Kier alpha value is -1.56. The molecule has 3 rings (SSSR count). The van der Waals surface area contributed by atoms with E-state index < -0.39 is 0 Å². The summed E-state index contributed by atoms with van der Waals surface area (Å²) in [4.78, 5) is 12.2. The third kappa shape index (κ3) is 2.21. The summed E-state index contributed by atoms with van der Waals surface area (Å²) in [5, 5.41) is 12.8. The number of phenolic OH excluding ortho intramolecular Hbond substituents is 1. The van der Waals surface area contributed by atoms with Crippen molar-refractivity contribution in [2.24, 2.45) is 0 Å². The van der Waals surface area contributed by atoms with Gasteiger partial charge in [-0.2, -0.15) is 0 Å². The summed E-state index contributed by atoms with van der Waals surface area (Å²) < 4.78 is 0.846. The van der Waals surface area contributed by atoms with Crippen molar-refractivity contribution in [2.75, 3.05) is 4.43 Å². The van der Waals surface area contributed by atoms with Crippen LogP contribution in [0.15, 0.2) is 42.5 Å². The van der Waals surface area contributed by atoms with Gasteiger partial charge in [-0.3, -0.25) is 4.79 Å². The monoisotopic (exact) mass is 393 g/mol. The molecule has 0 spiro atoms. The molecule has 0 radical (unpaired) electrons. The van der Waals surface area contributed by atoms with Crippen molar-refractivity contribution in [1.29, 1.82) is 0 Å². The van der Waals surface area contributed by atoms with Gasteiger partial charge in [-0.15, -0.1) is 0 Å². The number of hydrogen-bond acceptors (Lipinski definition) is 2. The van der Waals surface area contributed by atoms with E-state index in [0.717, 1.165) is 9.99 Å².